The van der Waals surface area contributed by atoms with Gasteiger partial charge in [-0.2, -0.15) is 4.31 Å². The zero-order chi connectivity index (χ0) is 22.1. The average Bonchev–Trinajstić information content (AvgIpc) is 3.15. The van der Waals surface area contributed by atoms with E-state index < -0.39 is 17.3 Å². The Labute approximate surface area is 192 Å². The number of nitrogens with zero attached hydrogens (tertiary/aromatic N) is 2. The molecule has 1 fully saturated rings. The maximum absolute atomic E-state index is 13.0. The Morgan fingerprint density at radius 1 is 1.10 bits per heavy atom. The van der Waals surface area contributed by atoms with Gasteiger partial charge in [0.25, 0.3) is 11.5 Å². The lowest BCUT2D eigenvalue weighted by Crippen LogP contribution is -2.25. The lowest BCUT2D eigenvalue weighted by atomic mass is 10.1. The van der Waals surface area contributed by atoms with E-state index in [-0.39, 0.29) is 11.1 Å². The fourth-order valence-corrected chi connectivity index (χ4v) is 5.10. The first-order chi connectivity index (χ1) is 14.8. The van der Waals surface area contributed by atoms with E-state index in [9.17, 15) is 14.1 Å². The van der Waals surface area contributed by atoms with E-state index in [1.165, 1.54) is 10.6 Å². The number of benzene rings is 2. The number of carbonyl (C=O) groups excluding carboxylic acids is 1. The Morgan fingerprint density at radius 3 is 2.61 bits per heavy atom. The number of amides is 1. The third kappa shape index (κ3) is 4.75. The number of hydrogen-bond donors (Lipinski definition) is 1. The summed E-state index contributed by atoms with van der Waals surface area (Å²) in [6.45, 7) is 0.670. The van der Waals surface area contributed by atoms with E-state index in [4.69, 9.17) is 23.2 Å². The van der Waals surface area contributed by atoms with Gasteiger partial charge >= 0.3 is 0 Å². The average molecular weight is 476 g/mol. The van der Waals surface area contributed by atoms with Crippen molar-refractivity contribution < 1.29 is 9.35 Å². The van der Waals surface area contributed by atoms with Crippen molar-refractivity contribution in [3.8, 4) is 11.1 Å². The smallest absolute Gasteiger partial charge is 0.257 e. The number of aryl methyl sites for hydroxylation is 1. The minimum Gasteiger partial charge on any atom is -0.593 e. The second-order valence-electron chi connectivity index (χ2n) is 7.19. The third-order valence-corrected chi connectivity index (χ3v) is 7.07. The van der Waals surface area contributed by atoms with E-state index in [1.54, 1.807) is 60.0 Å². The molecule has 9 heteroatoms. The predicted octanol–water partition coefficient (Wildman–Crippen LogP) is 4.49. The number of halogens is 2. The van der Waals surface area contributed by atoms with Crippen LogP contribution in [0, 0.1) is 0 Å². The van der Waals surface area contributed by atoms with Crippen LogP contribution in [0.15, 0.2) is 59.5 Å². The first kappa shape index (κ1) is 21.8. The third-order valence-electron chi connectivity index (χ3n) is 5.00. The summed E-state index contributed by atoms with van der Waals surface area (Å²) in [4.78, 5) is 24.9. The molecule has 0 saturated carbocycles. The fraction of sp³-hybridized carbons (Fsp3) is 0.182. The van der Waals surface area contributed by atoms with Crippen LogP contribution in [0.25, 0.3) is 11.1 Å². The maximum atomic E-state index is 13.0. The van der Waals surface area contributed by atoms with Gasteiger partial charge in [-0.15, -0.1) is 0 Å². The summed E-state index contributed by atoms with van der Waals surface area (Å²) in [5.41, 5.74) is 2.69. The number of hydrogen-bond acceptors (Lipinski definition) is 4. The molecule has 2 heterocycles. The Kier molecular flexibility index (Phi) is 6.29. The first-order valence-corrected chi connectivity index (χ1v) is 11.6. The van der Waals surface area contributed by atoms with Crippen LogP contribution in [0.1, 0.15) is 16.8 Å². The molecule has 0 bridgehead atoms. The van der Waals surface area contributed by atoms with Crippen molar-refractivity contribution in [2.24, 2.45) is 7.05 Å². The van der Waals surface area contributed by atoms with E-state index in [1.807, 2.05) is 0 Å². The highest BCUT2D eigenvalue weighted by Gasteiger charge is 2.28. The Morgan fingerprint density at radius 2 is 1.90 bits per heavy atom. The molecule has 0 spiro atoms. The molecule has 6 nitrogen and oxygen atoms in total. The standard InChI is InChI=1S/C22H19Cl2N3O3S/c1-26-7-5-14(11-21(26)28)15-9-16(23)12-17(10-15)25-22(29)19-13-18(3-4-20(19)24)27-6-2-8-31(27)30/h3-5,7,9-13H,2,6,8H2,1H3,(H,25,29). The number of aromatic nitrogens is 1. The molecule has 1 unspecified atom stereocenters. The first-order valence-electron chi connectivity index (χ1n) is 9.56. The SMILES string of the molecule is Cn1ccc(-c2cc(Cl)cc(NC(=O)c3cc(N4CCC[S+]4[O-])ccc3Cl)c2)cc1=O. The molecular weight excluding hydrogens is 457 g/mol. The lowest BCUT2D eigenvalue weighted by Gasteiger charge is -2.19. The van der Waals surface area contributed by atoms with Crippen molar-refractivity contribution >= 4 is 51.8 Å². The van der Waals surface area contributed by atoms with Crippen LogP contribution in [-0.2, 0) is 18.4 Å². The van der Waals surface area contributed by atoms with Gasteiger partial charge in [-0.25, -0.2) is 0 Å². The van der Waals surface area contributed by atoms with Crippen LogP contribution >= 0.6 is 23.2 Å². The molecule has 1 amide bonds. The van der Waals surface area contributed by atoms with Crippen LogP contribution in [-0.4, -0.2) is 27.3 Å². The van der Waals surface area contributed by atoms with Crippen LogP contribution in [0.3, 0.4) is 0 Å². The molecule has 1 saturated heterocycles. The Hall–Kier alpha value is -2.45. The van der Waals surface area contributed by atoms with Crippen LogP contribution < -0.4 is 15.2 Å². The van der Waals surface area contributed by atoms with Crippen molar-refractivity contribution in [2.45, 2.75) is 6.42 Å². The maximum Gasteiger partial charge on any atom is 0.257 e. The Balaban J connectivity index is 1.62. The molecule has 1 aliphatic heterocycles. The number of nitrogens with one attached hydrogen (secondary N) is 1. The van der Waals surface area contributed by atoms with Gasteiger partial charge < -0.3 is 14.4 Å². The zero-order valence-corrected chi connectivity index (χ0v) is 18.9. The van der Waals surface area contributed by atoms with Crippen LogP contribution in [0.2, 0.25) is 10.0 Å². The highest BCUT2D eigenvalue weighted by Crippen LogP contribution is 2.30. The van der Waals surface area contributed by atoms with Gasteiger partial charge in [0.2, 0.25) is 0 Å². The van der Waals surface area contributed by atoms with Crippen LogP contribution in [0.4, 0.5) is 11.4 Å². The molecule has 1 N–H and O–H groups in total. The molecule has 3 aromatic rings. The van der Waals surface area contributed by atoms with E-state index in [2.05, 4.69) is 5.32 Å². The summed E-state index contributed by atoms with van der Waals surface area (Å²) in [5, 5.41) is 3.53. The molecular formula is C22H19Cl2N3O3S. The molecule has 4 rings (SSSR count). The summed E-state index contributed by atoms with van der Waals surface area (Å²) in [7, 11) is 1.67. The molecule has 0 aliphatic carbocycles. The van der Waals surface area contributed by atoms with Gasteiger partial charge in [0.15, 0.2) is 0 Å². The van der Waals surface area contributed by atoms with E-state index in [0.717, 1.165) is 6.42 Å². The number of anilines is 2. The predicted molar refractivity (Wildman–Crippen MR) is 127 cm³/mol. The van der Waals surface area contributed by atoms with Crippen LogP contribution in [0.5, 0.6) is 0 Å². The summed E-state index contributed by atoms with van der Waals surface area (Å²) < 4.78 is 15.4. The van der Waals surface area contributed by atoms with Gasteiger partial charge in [-0.1, -0.05) is 23.2 Å². The van der Waals surface area contributed by atoms with Gasteiger partial charge in [0, 0.05) is 36.4 Å². The molecule has 31 heavy (non-hydrogen) atoms. The van der Waals surface area contributed by atoms with Crippen molar-refractivity contribution in [3.63, 3.8) is 0 Å². The minimum atomic E-state index is -1.09. The summed E-state index contributed by atoms with van der Waals surface area (Å²) in [6.07, 6.45) is 2.51. The molecule has 2 aromatic carbocycles. The molecule has 1 aliphatic rings. The number of rotatable bonds is 4. The second-order valence-corrected chi connectivity index (χ2v) is 9.53. The quantitative estimate of drug-likeness (QED) is 0.564. The second kappa shape index (κ2) is 8.96. The van der Waals surface area contributed by atoms with Crippen molar-refractivity contribution in [3.05, 3.63) is 80.7 Å². The van der Waals surface area contributed by atoms with Crippen molar-refractivity contribution in [1.29, 1.82) is 0 Å². The van der Waals surface area contributed by atoms with Gasteiger partial charge in [0.05, 0.1) is 34.2 Å². The van der Waals surface area contributed by atoms with Gasteiger partial charge in [0.1, 0.15) is 5.75 Å². The molecule has 1 atom stereocenters. The topological polar surface area (TPSA) is 77.4 Å². The number of carbonyl (C=O) groups is 1. The molecule has 160 valence electrons. The monoisotopic (exact) mass is 475 g/mol. The summed E-state index contributed by atoms with van der Waals surface area (Å²) in [5.74, 6) is 0.201. The van der Waals surface area contributed by atoms with Crippen molar-refractivity contribution in [1.82, 2.24) is 4.57 Å². The fourth-order valence-electron chi connectivity index (χ4n) is 3.39. The lowest BCUT2D eigenvalue weighted by molar-refractivity contribution is 0.102. The highest BCUT2D eigenvalue weighted by molar-refractivity contribution is 7.93. The summed E-state index contributed by atoms with van der Waals surface area (Å²) in [6, 6.07) is 13.4. The van der Waals surface area contributed by atoms with E-state index in [0.29, 0.717) is 44.8 Å². The highest BCUT2D eigenvalue weighted by atomic mass is 35.5. The Bertz CT molecular complexity index is 1210. The number of pyridine rings is 1. The molecule has 0 radical (unpaired) electrons. The minimum absolute atomic E-state index is 0.147. The van der Waals surface area contributed by atoms with Gasteiger partial charge in [-0.05, 0) is 53.6 Å². The van der Waals surface area contributed by atoms with E-state index >= 15 is 0 Å². The van der Waals surface area contributed by atoms with Gasteiger partial charge in [-0.3, -0.25) is 9.59 Å². The zero-order valence-electron chi connectivity index (χ0n) is 16.6. The molecule has 1 aromatic heterocycles. The van der Waals surface area contributed by atoms with Crippen molar-refractivity contribution in [2.75, 3.05) is 21.9 Å². The largest absolute Gasteiger partial charge is 0.593 e. The normalized spacial score (nSPS) is 15.9. The summed E-state index contributed by atoms with van der Waals surface area (Å²) >= 11 is 11.4.